The zero-order valence-electron chi connectivity index (χ0n) is 8.34. The fraction of sp³-hybridized carbons (Fsp3) is 0.455. The van der Waals surface area contributed by atoms with Crippen LogP contribution in [0.2, 0.25) is 0 Å². The summed E-state index contributed by atoms with van der Waals surface area (Å²) in [5.41, 5.74) is 2.01. The zero-order valence-corrected chi connectivity index (χ0v) is 9.93. The molecule has 0 aromatic heterocycles. The smallest absolute Gasteiger partial charge is 0.128 e. The Labute approximate surface area is 100 Å². The van der Waals surface area contributed by atoms with Crippen molar-refractivity contribution in [2.75, 3.05) is 6.67 Å². The number of hydrogen-bond acceptors (Lipinski definition) is 2. The molecule has 86 valence electrons. The van der Waals surface area contributed by atoms with Crippen LogP contribution in [0.5, 0.6) is 0 Å². The largest absolute Gasteiger partial charge is 0.297 e. The number of alkyl halides is 1. The Morgan fingerprint density at radius 2 is 2.38 bits per heavy atom. The number of hydrogen-bond donors (Lipinski definition) is 1. The van der Waals surface area contributed by atoms with E-state index in [4.69, 9.17) is 4.84 Å². The third kappa shape index (κ3) is 1.35. The quantitative estimate of drug-likeness (QED) is 0.904. The van der Waals surface area contributed by atoms with Crippen molar-refractivity contribution in [3.05, 3.63) is 34.1 Å². The Balaban J connectivity index is 2.09. The molecule has 1 saturated heterocycles. The molecule has 3 atom stereocenters. The molecule has 16 heavy (non-hydrogen) atoms. The third-order valence-corrected chi connectivity index (χ3v) is 3.87. The van der Waals surface area contributed by atoms with E-state index in [0.29, 0.717) is 5.56 Å². The highest BCUT2D eigenvalue weighted by molar-refractivity contribution is 9.10. The van der Waals surface area contributed by atoms with Gasteiger partial charge in [0.05, 0.1) is 6.10 Å². The predicted molar refractivity (Wildman–Crippen MR) is 57.9 cm³/mol. The molecule has 0 spiro atoms. The lowest BCUT2D eigenvalue weighted by Gasteiger charge is -2.28. The van der Waals surface area contributed by atoms with Crippen LogP contribution in [0.1, 0.15) is 12.0 Å². The molecule has 1 unspecified atom stereocenters. The van der Waals surface area contributed by atoms with Gasteiger partial charge in [-0.1, -0.05) is 15.9 Å². The second-order valence-corrected chi connectivity index (χ2v) is 5.25. The summed E-state index contributed by atoms with van der Waals surface area (Å²) in [5, 5.41) is 0. The number of benzene rings is 1. The van der Waals surface area contributed by atoms with E-state index < -0.39 is 18.0 Å². The van der Waals surface area contributed by atoms with Gasteiger partial charge in [-0.25, -0.2) is 8.78 Å². The highest BCUT2D eigenvalue weighted by atomic mass is 79.9. The summed E-state index contributed by atoms with van der Waals surface area (Å²) in [6.07, 6.45) is 0.831. The van der Waals surface area contributed by atoms with E-state index in [-0.39, 0.29) is 12.0 Å². The summed E-state index contributed by atoms with van der Waals surface area (Å²) in [4.78, 5) is 5.21. The maximum absolute atomic E-state index is 13.8. The number of halogens is 3. The molecule has 1 aromatic carbocycles. The minimum atomic E-state index is -1.00. The van der Waals surface area contributed by atoms with E-state index in [2.05, 4.69) is 21.4 Å². The van der Waals surface area contributed by atoms with Gasteiger partial charge in [0.2, 0.25) is 0 Å². The van der Waals surface area contributed by atoms with Gasteiger partial charge in [-0.05, 0) is 24.6 Å². The summed E-state index contributed by atoms with van der Waals surface area (Å²) in [6, 6.07) is 4.56. The van der Waals surface area contributed by atoms with Crippen molar-refractivity contribution < 1.29 is 13.6 Å². The first-order valence-corrected chi connectivity index (χ1v) is 5.91. The monoisotopic (exact) mass is 289 g/mol. The van der Waals surface area contributed by atoms with Crippen LogP contribution in [0.15, 0.2) is 22.7 Å². The normalized spacial score (nSPS) is 36.2. The minimum absolute atomic E-state index is 0.0362. The van der Waals surface area contributed by atoms with Crippen LogP contribution in [0.3, 0.4) is 0 Å². The number of nitrogens with one attached hydrogen (secondary N) is 1. The molecule has 1 saturated carbocycles. The standard InChI is InChI=1S/C11H10BrF2NO/c12-6-1-2-9(14)7(3-6)11(5-13)8-4-10(8)16-15-11/h1-3,8,10,15H,4-5H2/t8-,10?,11+/m0/s1. The molecular formula is C11H10BrF2NO. The van der Waals surface area contributed by atoms with Crippen LogP contribution >= 0.6 is 15.9 Å². The highest BCUT2D eigenvalue weighted by Crippen LogP contribution is 2.53. The van der Waals surface area contributed by atoms with Crippen molar-refractivity contribution in [1.82, 2.24) is 5.48 Å². The SMILES string of the molecule is FC[C@]1(c2cc(Br)ccc2F)NOC2C[C@@H]21. The van der Waals surface area contributed by atoms with Gasteiger partial charge in [0, 0.05) is 16.0 Å². The number of rotatable bonds is 2. The fourth-order valence-electron chi connectivity index (χ4n) is 2.37. The Morgan fingerprint density at radius 1 is 1.56 bits per heavy atom. The van der Waals surface area contributed by atoms with Gasteiger partial charge in [-0.2, -0.15) is 5.48 Å². The van der Waals surface area contributed by atoms with Crippen molar-refractivity contribution in [1.29, 1.82) is 0 Å². The Hall–Kier alpha value is -0.520. The molecule has 0 amide bonds. The molecule has 1 aliphatic heterocycles. The van der Waals surface area contributed by atoms with Crippen LogP contribution in [-0.4, -0.2) is 12.8 Å². The molecule has 3 rings (SSSR count). The van der Waals surface area contributed by atoms with E-state index in [1.54, 1.807) is 12.1 Å². The molecule has 5 heteroatoms. The first-order valence-electron chi connectivity index (χ1n) is 5.12. The molecule has 1 heterocycles. The van der Waals surface area contributed by atoms with Crippen LogP contribution in [0, 0.1) is 11.7 Å². The van der Waals surface area contributed by atoms with Crippen molar-refractivity contribution in [2.45, 2.75) is 18.1 Å². The summed E-state index contributed by atoms with van der Waals surface area (Å²) >= 11 is 3.27. The molecular weight excluding hydrogens is 280 g/mol. The van der Waals surface area contributed by atoms with Crippen molar-refractivity contribution in [3.8, 4) is 0 Å². The lowest BCUT2D eigenvalue weighted by atomic mass is 9.87. The predicted octanol–water partition coefficient (Wildman–Crippen LogP) is 2.68. The second-order valence-electron chi connectivity index (χ2n) is 4.33. The number of hydroxylamine groups is 1. The summed E-state index contributed by atoms with van der Waals surface area (Å²) < 4.78 is 27.8. The lowest BCUT2D eigenvalue weighted by Crippen LogP contribution is -2.43. The van der Waals surface area contributed by atoms with Gasteiger partial charge in [0.15, 0.2) is 0 Å². The Morgan fingerprint density at radius 3 is 2.94 bits per heavy atom. The van der Waals surface area contributed by atoms with Gasteiger partial charge in [0.1, 0.15) is 18.0 Å². The maximum Gasteiger partial charge on any atom is 0.128 e. The summed E-state index contributed by atoms with van der Waals surface area (Å²) in [6.45, 7) is -0.665. The van der Waals surface area contributed by atoms with E-state index in [1.165, 1.54) is 6.07 Å². The molecule has 1 aromatic rings. The van der Waals surface area contributed by atoms with Crippen LogP contribution in [0.4, 0.5) is 8.78 Å². The molecule has 1 aliphatic carbocycles. The van der Waals surface area contributed by atoms with Gasteiger partial charge in [-0.3, -0.25) is 4.84 Å². The molecule has 0 radical (unpaired) electrons. The van der Waals surface area contributed by atoms with Gasteiger partial charge < -0.3 is 0 Å². The average Bonchev–Trinajstić information content (AvgIpc) is 2.98. The first kappa shape index (κ1) is 10.6. The minimum Gasteiger partial charge on any atom is -0.297 e. The molecule has 2 nitrogen and oxygen atoms in total. The van der Waals surface area contributed by atoms with E-state index in [0.717, 1.165) is 10.9 Å². The highest BCUT2D eigenvalue weighted by Gasteiger charge is 2.61. The Kier molecular flexibility index (Phi) is 2.31. The second kappa shape index (κ2) is 3.48. The summed E-state index contributed by atoms with van der Waals surface area (Å²) in [7, 11) is 0. The van der Waals surface area contributed by atoms with E-state index in [9.17, 15) is 8.78 Å². The van der Waals surface area contributed by atoms with Crippen molar-refractivity contribution in [2.24, 2.45) is 5.92 Å². The summed E-state index contributed by atoms with van der Waals surface area (Å²) in [5.74, 6) is -0.356. The fourth-order valence-corrected chi connectivity index (χ4v) is 2.73. The van der Waals surface area contributed by atoms with Gasteiger partial charge in [0.25, 0.3) is 0 Å². The zero-order chi connectivity index (χ0) is 11.3. The third-order valence-electron chi connectivity index (χ3n) is 3.38. The van der Waals surface area contributed by atoms with Gasteiger partial charge >= 0.3 is 0 Å². The topological polar surface area (TPSA) is 21.3 Å². The molecule has 2 fully saturated rings. The van der Waals surface area contributed by atoms with Crippen LogP contribution in [0.25, 0.3) is 0 Å². The molecule has 1 N–H and O–H groups in total. The van der Waals surface area contributed by atoms with E-state index >= 15 is 0 Å². The first-order chi connectivity index (χ1) is 7.67. The Bertz CT molecular complexity index is 442. The van der Waals surface area contributed by atoms with Crippen molar-refractivity contribution >= 4 is 15.9 Å². The van der Waals surface area contributed by atoms with Crippen molar-refractivity contribution in [3.63, 3.8) is 0 Å². The lowest BCUT2D eigenvalue weighted by molar-refractivity contribution is 0.00723. The van der Waals surface area contributed by atoms with Crippen LogP contribution in [-0.2, 0) is 10.4 Å². The average molecular weight is 290 g/mol. The van der Waals surface area contributed by atoms with Gasteiger partial charge in [-0.15, -0.1) is 0 Å². The van der Waals surface area contributed by atoms with Crippen LogP contribution < -0.4 is 5.48 Å². The van der Waals surface area contributed by atoms with E-state index in [1.807, 2.05) is 0 Å². The molecule has 0 bridgehead atoms. The number of fused-ring (bicyclic) bond motifs is 1. The molecule has 2 aliphatic rings. The maximum atomic E-state index is 13.8.